The molecule has 2 atom stereocenters. The molecule has 0 N–H and O–H groups in total. The lowest BCUT2D eigenvalue weighted by Crippen LogP contribution is -2.28. The van der Waals surface area contributed by atoms with Gasteiger partial charge in [-0.3, -0.25) is 0 Å². The number of nitrogens with zero attached hydrogens (tertiary/aromatic N) is 3. The Morgan fingerprint density at radius 3 is 2.33 bits per heavy atom. The summed E-state index contributed by atoms with van der Waals surface area (Å²) in [5, 5.41) is 11.9. The second-order valence-corrected chi connectivity index (χ2v) is 11.7. The quantitative estimate of drug-likeness (QED) is 0.235. The Hall–Kier alpha value is -2.44. The van der Waals surface area contributed by atoms with Gasteiger partial charge >= 0.3 is 0 Å². The Balaban J connectivity index is 1.41. The Kier molecular flexibility index (Phi) is 6.74. The van der Waals surface area contributed by atoms with Crippen molar-refractivity contribution in [2.75, 3.05) is 5.01 Å². The van der Waals surface area contributed by atoms with Gasteiger partial charge in [0.25, 0.3) is 0 Å². The molecular formula is C29H22BrCl2N3S. The number of anilines is 1. The third-order valence-electron chi connectivity index (χ3n) is 6.75. The van der Waals surface area contributed by atoms with Crippen molar-refractivity contribution in [2.45, 2.75) is 25.3 Å². The highest BCUT2D eigenvalue weighted by Crippen LogP contribution is 2.47. The second kappa shape index (κ2) is 10.1. The van der Waals surface area contributed by atoms with Crippen molar-refractivity contribution >= 4 is 67.4 Å². The van der Waals surface area contributed by atoms with Gasteiger partial charge in [-0.1, -0.05) is 75.5 Å². The zero-order chi connectivity index (χ0) is 24.6. The number of hydrogen-bond acceptors (Lipinski definition) is 4. The molecule has 0 radical (unpaired) electrons. The van der Waals surface area contributed by atoms with Crippen molar-refractivity contribution in [3.8, 4) is 11.3 Å². The van der Waals surface area contributed by atoms with Gasteiger partial charge in [-0.25, -0.2) is 9.99 Å². The minimum absolute atomic E-state index is 0.0788. The van der Waals surface area contributed by atoms with Gasteiger partial charge in [0, 0.05) is 31.4 Å². The van der Waals surface area contributed by atoms with Crippen LogP contribution in [0, 0.1) is 5.92 Å². The summed E-state index contributed by atoms with van der Waals surface area (Å²) in [5.74, 6) is 0.290. The van der Waals surface area contributed by atoms with E-state index in [4.69, 9.17) is 33.3 Å². The van der Waals surface area contributed by atoms with Crippen LogP contribution in [0.25, 0.3) is 17.3 Å². The van der Waals surface area contributed by atoms with Gasteiger partial charge in [-0.2, -0.15) is 5.10 Å². The van der Waals surface area contributed by atoms with E-state index >= 15 is 0 Å². The molecule has 0 spiro atoms. The fourth-order valence-corrected chi connectivity index (χ4v) is 6.37. The Labute approximate surface area is 233 Å². The molecule has 0 saturated heterocycles. The van der Waals surface area contributed by atoms with E-state index in [1.807, 2.05) is 36.4 Å². The van der Waals surface area contributed by atoms with Crippen LogP contribution in [-0.2, 0) is 0 Å². The van der Waals surface area contributed by atoms with E-state index in [2.05, 4.69) is 68.8 Å². The molecule has 3 aromatic carbocycles. The van der Waals surface area contributed by atoms with E-state index in [0.29, 0.717) is 5.92 Å². The molecule has 2 heterocycles. The molecule has 1 aromatic heterocycles. The topological polar surface area (TPSA) is 28.5 Å². The summed E-state index contributed by atoms with van der Waals surface area (Å²) in [6, 6.07) is 24.5. The van der Waals surface area contributed by atoms with Crippen LogP contribution in [0.5, 0.6) is 0 Å². The van der Waals surface area contributed by atoms with Gasteiger partial charge in [0.15, 0.2) is 0 Å². The lowest BCUT2D eigenvalue weighted by atomic mass is 9.77. The fourth-order valence-electron chi connectivity index (χ4n) is 5.03. The number of allylic oxidation sites excluding steroid dienone is 1. The normalized spacial score (nSPS) is 20.5. The predicted molar refractivity (Wildman–Crippen MR) is 156 cm³/mol. The lowest BCUT2D eigenvalue weighted by Gasteiger charge is -2.29. The Morgan fingerprint density at radius 2 is 1.61 bits per heavy atom. The van der Waals surface area contributed by atoms with Crippen LogP contribution in [0.3, 0.4) is 0 Å². The van der Waals surface area contributed by atoms with Gasteiger partial charge in [0.2, 0.25) is 5.13 Å². The molecule has 1 saturated carbocycles. The van der Waals surface area contributed by atoms with Crippen molar-refractivity contribution < 1.29 is 0 Å². The minimum atomic E-state index is 0.0788. The first-order valence-electron chi connectivity index (χ1n) is 11.9. The van der Waals surface area contributed by atoms with Crippen LogP contribution < -0.4 is 5.01 Å². The van der Waals surface area contributed by atoms with Crippen molar-refractivity contribution in [3.63, 3.8) is 0 Å². The highest BCUT2D eigenvalue weighted by Gasteiger charge is 2.42. The summed E-state index contributed by atoms with van der Waals surface area (Å²) < 4.78 is 1.06. The van der Waals surface area contributed by atoms with Crippen LogP contribution in [0.15, 0.2) is 93.3 Å². The number of rotatable bonds is 4. The molecular weight excluding hydrogens is 573 g/mol. The van der Waals surface area contributed by atoms with E-state index in [-0.39, 0.29) is 6.04 Å². The first-order chi connectivity index (χ1) is 17.5. The first kappa shape index (κ1) is 23.9. The average Bonchev–Trinajstić information content (AvgIpc) is 3.52. The third kappa shape index (κ3) is 4.78. The molecule has 1 fully saturated rings. The van der Waals surface area contributed by atoms with Crippen molar-refractivity contribution in [3.05, 3.63) is 109 Å². The first-order valence-corrected chi connectivity index (χ1v) is 14.3. The van der Waals surface area contributed by atoms with Gasteiger partial charge in [-0.05, 0) is 78.4 Å². The van der Waals surface area contributed by atoms with Crippen molar-refractivity contribution in [1.82, 2.24) is 4.98 Å². The number of halogens is 3. The summed E-state index contributed by atoms with van der Waals surface area (Å²) in [4.78, 5) is 5.02. The van der Waals surface area contributed by atoms with Crippen LogP contribution in [0.1, 0.15) is 36.4 Å². The molecule has 0 bridgehead atoms. The summed E-state index contributed by atoms with van der Waals surface area (Å²) >= 11 is 17.5. The van der Waals surface area contributed by atoms with E-state index in [9.17, 15) is 0 Å². The van der Waals surface area contributed by atoms with Crippen LogP contribution >= 0.6 is 50.5 Å². The predicted octanol–water partition coefficient (Wildman–Crippen LogP) is 9.68. The zero-order valence-corrected chi connectivity index (χ0v) is 23.2. The summed E-state index contributed by atoms with van der Waals surface area (Å²) in [6.45, 7) is 0. The number of thiazole rings is 1. The molecule has 1 aliphatic carbocycles. The van der Waals surface area contributed by atoms with E-state index < -0.39 is 0 Å². The van der Waals surface area contributed by atoms with E-state index in [0.717, 1.165) is 61.4 Å². The summed E-state index contributed by atoms with van der Waals surface area (Å²) in [6.07, 6.45) is 5.49. The van der Waals surface area contributed by atoms with E-state index in [1.54, 1.807) is 11.3 Å². The van der Waals surface area contributed by atoms with Crippen LogP contribution in [0.4, 0.5) is 5.13 Å². The second-order valence-electron chi connectivity index (χ2n) is 9.07. The zero-order valence-electron chi connectivity index (χ0n) is 19.2. The monoisotopic (exact) mass is 593 g/mol. The van der Waals surface area contributed by atoms with Crippen molar-refractivity contribution in [2.24, 2.45) is 11.0 Å². The highest BCUT2D eigenvalue weighted by atomic mass is 79.9. The van der Waals surface area contributed by atoms with Gasteiger partial charge < -0.3 is 0 Å². The SMILES string of the molecule is Clc1ccc(/C=C2\CCC[C@@H]3C2=NN(c2nc(-c4ccc(Br)cc4)cs2)[C@@H]3c2ccc(Cl)cc2)cc1. The molecule has 0 amide bonds. The number of hydrogen-bond donors (Lipinski definition) is 0. The summed E-state index contributed by atoms with van der Waals surface area (Å²) in [7, 11) is 0. The smallest absolute Gasteiger partial charge is 0.207 e. The number of aromatic nitrogens is 1. The molecule has 1 aliphatic heterocycles. The minimum Gasteiger partial charge on any atom is -0.231 e. The fraction of sp³-hybridized carbons (Fsp3) is 0.172. The molecule has 180 valence electrons. The molecule has 0 unspecified atom stereocenters. The van der Waals surface area contributed by atoms with Gasteiger partial charge in [0.05, 0.1) is 17.4 Å². The molecule has 6 rings (SSSR count). The van der Waals surface area contributed by atoms with Crippen LogP contribution in [-0.4, -0.2) is 10.7 Å². The lowest BCUT2D eigenvalue weighted by molar-refractivity contribution is 0.487. The average molecular weight is 595 g/mol. The van der Waals surface area contributed by atoms with Crippen LogP contribution in [0.2, 0.25) is 10.0 Å². The number of fused-ring (bicyclic) bond motifs is 1. The Bertz CT molecular complexity index is 1440. The van der Waals surface area contributed by atoms with Gasteiger partial charge in [-0.15, -0.1) is 11.3 Å². The van der Waals surface area contributed by atoms with Crippen molar-refractivity contribution in [1.29, 1.82) is 0 Å². The maximum atomic E-state index is 6.24. The summed E-state index contributed by atoms with van der Waals surface area (Å²) in [5.41, 5.74) is 6.86. The molecule has 36 heavy (non-hydrogen) atoms. The van der Waals surface area contributed by atoms with E-state index in [1.165, 1.54) is 11.1 Å². The number of benzene rings is 3. The number of hydrazone groups is 1. The third-order valence-corrected chi connectivity index (χ3v) is 8.61. The molecule has 4 aromatic rings. The molecule has 2 aliphatic rings. The van der Waals surface area contributed by atoms with Gasteiger partial charge in [0.1, 0.15) is 0 Å². The highest BCUT2D eigenvalue weighted by molar-refractivity contribution is 9.10. The molecule has 3 nitrogen and oxygen atoms in total. The standard InChI is InChI=1S/C29H22BrCl2N3S/c30-22-10-6-19(7-11-22)26-17-36-29(33-26)35-28(20-8-14-24(32)15-9-20)25-3-1-2-21(27(25)34-35)16-18-4-12-23(31)13-5-18/h4-17,25,28H,1-3H2/b21-16+/t25-,28-/m1/s1. The maximum absolute atomic E-state index is 6.24. The molecule has 7 heteroatoms. The Morgan fingerprint density at radius 1 is 0.917 bits per heavy atom. The maximum Gasteiger partial charge on any atom is 0.207 e. The largest absolute Gasteiger partial charge is 0.231 e.